The Bertz CT molecular complexity index is 575. The lowest BCUT2D eigenvalue weighted by Gasteiger charge is -2.22. The van der Waals surface area contributed by atoms with Crippen LogP contribution in [0.2, 0.25) is 0 Å². The zero-order valence-corrected chi connectivity index (χ0v) is 16.4. The first-order chi connectivity index (χ1) is 10.0. The van der Waals surface area contributed by atoms with Crippen molar-refractivity contribution in [2.45, 2.75) is 21.6 Å². The maximum absolute atomic E-state index is 11.9. The molecule has 0 radical (unpaired) electrons. The highest BCUT2D eigenvalue weighted by molar-refractivity contribution is 9.09. The predicted octanol–water partition coefficient (Wildman–Crippen LogP) is 3.74. The first-order valence-corrected chi connectivity index (χ1v) is 9.51. The molecule has 0 saturated carbocycles. The van der Waals surface area contributed by atoms with Crippen LogP contribution in [0, 0.1) is 0 Å². The molecule has 1 rings (SSSR count). The fourth-order valence-electron chi connectivity index (χ4n) is 1.57. The highest BCUT2D eigenvalue weighted by atomic mass is 79.9. The van der Waals surface area contributed by atoms with Crippen LogP contribution in [0.4, 0.5) is 0 Å². The Morgan fingerprint density at radius 2 is 1.82 bits per heavy atom. The third-order valence-electron chi connectivity index (χ3n) is 2.58. The van der Waals surface area contributed by atoms with Gasteiger partial charge in [0, 0.05) is 4.83 Å². The number of hydrogen-bond donors (Lipinski definition) is 1. The molecule has 1 aromatic rings. The molecule has 0 saturated heterocycles. The lowest BCUT2D eigenvalue weighted by atomic mass is 10.1. The van der Waals surface area contributed by atoms with Crippen molar-refractivity contribution in [1.29, 1.82) is 0 Å². The molecule has 5 nitrogen and oxygen atoms in total. The first kappa shape index (κ1) is 20.3. The van der Waals surface area contributed by atoms with Crippen molar-refractivity contribution in [3.63, 3.8) is 0 Å². The van der Waals surface area contributed by atoms with Crippen molar-refractivity contribution in [3.8, 4) is 5.75 Å². The van der Waals surface area contributed by atoms with E-state index in [1.807, 2.05) is 0 Å². The van der Waals surface area contributed by atoms with Crippen molar-refractivity contribution < 1.29 is 17.3 Å². The van der Waals surface area contributed by atoms with E-state index in [-0.39, 0.29) is 4.83 Å². The standard InChI is InChI=1S/C12H15BrCl3NO4S/c1-8(13)11(9-3-5-10(20-2)6-4-9)17-22(18,19)21-7-12(14,15)16/h3-6,8,11,17H,7H2,1-2H3/t8-,11-/m0/s1. The van der Waals surface area contributed by atoms with Crippen molar-refractivity contribution >= 4 is 61.0 Å². The number of rotatable bonds is 7. The summed E-state index contributed by atoms with van der Waals surface area (Å²) in [6.07, 6.45) is 0. The maximum atomic E-state index is 11.9. The predicted molar refractivity (Wildman–Crippen MR) is 92.4 cm³/mol. The molecule has 2 atom stereocenters. The average molecular weight is 456 g/mol. The summed E-state index contributed by atoms with van der Waals surface area (Å²) < 4.78 is 34.2. The molecule has 10 heteroatoms. The number of alkyl halides is 4. The van der Waals surface area contributed by atoms with E-state index in [4.69, 9.17) is 39.5 Å². The van der Waals surface area contributed by atoms with Gasteiger partial charge in [-0.25, -0.2) is 0 Å². The van der Waals surface area contributed by atoms with Gasteiger partial charge in [-0.15, -0.1) is 0 Å². The van der Waals surface area contributed by atoms with E-state index >= 15 is 0 Å². The SMILES string of the molecule is COc1ccc([C@@H](NS(=O)(=O)OCC(Cl)(Cl)Cl)[C@H](C)Br)cc1. The van der Waals surface area contributed by atoms with Crippen LogP contribution in [0.15, 0.2) is 24.3 Å². The molecule has 0 unspecified atom stereocenters. The van der Waals surface area contributed by atoms with Gasteiger partial charge in [0.2, 0.25) is 3.79 Å². The average Bonchev–Trinajstić information content (AvgIpc) is 2.42. The Hall–Kier alpha value is 0.240. The maximum Gasteiger partial charge on any atom is 0.336 e. The van der Waals surface area contributed by atoms with E-state index in [0.717, 1.165) is 5.56 Å². The molecule has 0 aliphatic carbocycles. The zero-order chi connectivity index (χ0) is 17.0. The number of ether oxygens (including phenoxy) is 1. The summed E-state index contributed by atoms with van der Waals surface area (Å²) in [7, 11) is -2.54. The third kappa shape index (κ3) is 7.21. The van der Waals surface area contributed by atoms with Crippen LogP contribution in [0.5, 0.6) is 5.75 Å². The van der Waals surface area contributed by atoms with Crippen molar-refractivity contribution in [3.05, 3.63) is 29.8 Å². The van der Waals surface area contributed by atoms with E-state index < -0.39 is 26.7 Å². The van der Waals surface area contributed by atoms with Gasteiger partial charge < -0.3 is 4.74 Å². The van der Waals surface area contributed by atoms with Crippen LogP contribution in [-0.4, -0.2) is 30.8 Å². The molecule has 0 heterocycles. The van der Waals surface area contributed by atoms with Crippen molar-refractivity contribution in [2.24, 2.45) is 0 Å². The van der Waals surface area contributed by atoms with Crippen molar-refractivity contribution in [2.75, 3.05) is 13.7 Å². The number of methoxy groups -OCH3 is 1. The zero-order valence-electron chi connectivity index (χ0n) is 11.7. The summed E-state index contributed by atoms with van der Waals surface area (Å²) in [5.74, 6) is 0.667. The summed E-state index contributed by atoms with van der Waals surface area (Å²) in [5, 5.41) is 0. The second-order valence-corrected chi connectivity index (χ2v) is 9.72. The minimum absolute atomic E-state index is 0.202. The lowest BCUT2D eigenvalue weighted by molar-refractivity contribution is 0.313. The van der Waals surface area contributed by atoms with Crippen LogP contribution in [0.3, 0.4) is 0 Å². The van der Waals surface area contributed by atoms with Crippen LogP contribution < -0.4 is 9.46 Å². The molecular weight excluding hydrogens is 440 g/mol. The van der Waals surface area contributed by atoms with E-state index in [9.17, 15) is 8.42 Å². The largest absolute Gasteiger partial charge is 0.497 e. The van der Waals surface area contributed by atoms with Gasteiger partial charge in [-0.1, -0.05) is 69.8 Å². The second-order valence-electron chi connectivity index (χ2n) is 4.38. The van der Waals surface area contributed by atoms with Gasteiger partial charge in [-0.05, 0) is 17.7 Å². The summed E-state index contributed by atoms with van der Waals surface area (Å²) in [4.78, 5) is -0.202. The van der Waals surface area contributed by atoms with Gasteiger partial charge in [0.1, 0.15) is 12.4 Å². The smallest absolute Gasteiger partial charge is 0.336 e. The van der Waals surface area contributed by atoms with E-state index in [2.05, 4.69) is 24.8 Å². The summed E-state index contributed by atoms with van der Waals surface area (Å²) in [6, 6.07) is 6.39. The van der Waals surface area contributed by atoms with Gasteiger partial charge in [0.15, 0.2) is 0 Å². The number of benzene rings is 1. The molecule has 0 aromatic heterocycles. The van der Waals surface area contributed by atoms with E-state index in [1.165, 1.54) is 0 Å². The van der Waals surface area contributed by atoms with Gasteiger partial charge in [0.05, 0.1) is 13.2 Å². The van der Waals surface area contributed by atoms with Gasteiger partial charge >= 0.3 is 10.3 Å². The van der Waals surface area contributed by atoms with Crippen LogP contribution >= 0.6 is 50.7 Å². The normalized spacial score (nSPS) is 15.4. The molecule has 0 aliphatic rings. The Morgan fingerprint density at radius 1 is 1.27 bits per heavy atom. The third-order valence-corrected chi connectivity index (χ3v) is 4.41. The molecule has 1 aromatic carbocycles. The monoisotopic (exact) mass is 453 g/mol. The van der Waals surface area contributed by atoms with E-state index in [1.54, 1.807) is 38.3 Å². The fraction of sp³-hybridized carbons (Fsp3) is 0.500. The summed E-state index contributed by atoms with van der Waals surface area (Å²) in [6.45, 7) is 1.21. The molecule has 0 fully saturated rings. The van der Waals surface area contributed by atoms with Gasteiger partial charge in [-0.2, -0.15) is 13.1 Å². The molecule has 22 heavy (non-hydrogen) atoms. The molecular formula is C12H15BrCl3NO4S. The Morgan fingerprint density at radius 3 is 2.23 bits per heavy atom. The molecule has 0 spiro atoms. The lowest BCUT2D eigenvalue weighted by Crippen LogP contribution is -2.35. The Balaban J connectivity index is 2.87. The Kier molecular flexibility index (Phi) is 7.72. The van der Waals surface area contributed by atoms with Crippen LogP contribution in [0.25, 0.3) is 0 Å². The van der Waals surface area contributed by atoms with Gasteiger partial charge in [-0.3, -0.25) is 4.18 Å². The minimum Gasteiger partial charge on any atom is -0.497 e. The number of hydrogen-bond acceptors (Lipinski definition) is 4. The molecule has 126 valence electrons. The number of halogens is 4. The van der Waals surface area contributed by atoms with Crippen LogP contribution in [-0.2, 0) is 14.5 Å². The summed E-state index contributed by atoms with van der Waals surface area (Å²) in [5.41, 5.74) is 0.728. The van der Waals surface area contributed by atoms with Gasteiger partial charge in [0.25, 0.3) is 0 Å². The first-order valence-electron chi connectivity index (χ1n) is 6.05. The molecule has 1 N–H and O–H groups in total. The van der Waals surface area contributed by atoms with Crippen LogP contribution in [0.1, 0.15) is 18.5 Å². The topological polar surface area (TPSA) is 64.6 Å². The number of nitrogens with one attached hydrogen (secondary N) is 1. The molecule has 0 amide bonds. The molecule has 0 bridgehead atoms. The minimum atomic E-state index is -4.09. The van der Waals surface area contributed by atoms with Crippen molar-refractivity contribution in [1.82, 2.24) is 4.72 Å². The highest BCUT2D eigenvalue weighted by Gasteiger charge is 2.28. The van der Waals surface area contributed by atoms with E-state index in [0.29, 0.717) is 5.75 Å². The quantitative estimate of drug-likeness (QED) is 0.636. The summed E-state index contributed by atoms with van der Waals surface area (Å²) >= 11 is 19.8. The second kappa shape index (κ2) is 8.37. The Labute approximate surface area is 153 Å². The highest BCUT2D eigenvalue weighted by Crippen LogP contribution is 2.28. The fourth-order valence-corrected chi connectivity index (χ4v) is 3.59. The molecule has 0 aliphatic heterocycles.